The van der Waals surface area contributed by atoms with E-state index in [0.29, 0.717) is 22.4 Å². The average molecular weight is 596 g/mol. The van der Waals surface area contributed by atoms with Gasteiger partial charge >= 0.3 is 6.18 Å². The zero-order valence-electron chi connectivity index (χ0n) is 21.4. The Morgan fingerprint density at radius 1 is 1.03 bits per heavy atom. The minimum absolute atomic E-state index is 0.123. The summed E-state index contributed by atoms with van der Waals surface area (Å²) in [5, 5.41) is 3.32. The molecular weight excluding hydrogens is 566 g/mol. The standard InChI is InChI=1S/C25H30Cl2F3N3O4S/c1-5-16(3)31-24(35)22(6-2)32(14-17-10-11-20(26)21(27)12-17)23(34)15-33(38(4,36)37)19-9-7-8-18(13-19)25(28,29)30/h7-13,16,22H,5-6,14-15H2,1-4H3,(H,31,35)/t16-,22+/m1/s1. The van der Waals surface area contributed by atoms with Crippen molar-refractivity contribution in [3.63, 3.8) is 0 Å². The average Bonchev–Trinajstić information content (AvgIpc) is 2.83. The van der Waals surface area contributed by atoms with Gasteiger partial charge in [0.1, 0.15) is 12.6 Å². The molecule has 1 N–H and O–H groups in total. The maximum Gasteiger partial charge on any atom is 0.416 e. The molecule has 0 saturated carbocycles. The molecule has 7 nitrogen and oxygen atoms in total. The van der Waals surface area contributed by atoms with Crippen molar-refractivity contribution in [1.82, 2.24) is 10.2 Å². The highest BCUT2D eigenvalue weighted by molar-refractivity contribution is 7.92. The minimum Gasteiger partial charge on any atom is -0.352 e. The van der Waals surface area contributed by atoms with Gasteiger partial charge in [0.25, 0.3) is 0 Å². The SMILES string of the molecule is CC[C@@H](C)NC(=O)[C@H](CC)N(Cc1ccc(Cl)c(Cl)c1)C(=O)CN(c1cccc(C(F)(F)F)c1)S(C)(=O)=O. The molecule has 0 aliphatic carbocycles. The Morgan fingerprint density at radius 2 is 1.68 bits per heavy atom. The predicted molar refractivity (Wildman–Crippen MR) is 143 cm³/mol. The van der Waals surface area contributed by atoms with Crippen molar-refractivity contribution in [3.8, 4) is 0 Å². The third-order valence-corrected chi connectivity index (χ3v) is 7.74. The molecule has 2 aromatic rings. The van der Waals surface area contributed by atoms with Crippen LogP contribution < -0.4 is 9.62 Å². The Labute approximate surface area is 230 Å². The van der Waals surface area contributed by atoms with Crippen LogP contribution >= 0.6 is 23.2 Å². The van der Waals surface area contributed by atoms with E-state index in [1.165, 1.54) is 23.1 Å². The van der Waals surface area contributed by atoms with Crippen LogP contribution in [0.25, 0.3) is 0 Å². The van der Waals surface area contributed by atoms with Crippen LogP contribution in [-0.2, 0) is 32.3 Å². The Bertz CT molecular complexity index is 1260. The van der Waals surface area contributed by atoms with Gasteiger partial charge in [-0.05, 0) is 55.7 Å². The highest BCUT2D eigenvalue weighted by atomic mass is 35.5. The van der Waals surface area contributed by atoms with Gasteiger partial charge in [0.15, 0.2) is 0 Å². The molecule has 0 bridgehead atoms. The summed E-state index contributed by atoms with van der Waals surface area (Å²) in [5.74, 6) is -1.23. The van der Waals surface area contributed by atoms with Gasteiger partial charge in [0.2, 0.25) is 21.8 Å². The number of rotatable bonds is 11. The largest absolute Gasteiger partial charge is 0.416 e. The summed E-state index contributed by atoms with van der Waals surface area (Å²) in [6, 6.07) is 7.15. The maximum atomic E-state index is 13.6. The van der Waals surface area contributed by atoms with Crippen LogP contribution in [0.2, 0.25) is 10.0 Å². The molecular formula is C25H30Cl2F3N3O4S. The Balaban J connectivity index is 2.52. The van der Waals surface area contributed by atoms with E-state index in [1.54, 1.807) is 19.9 Å². The lowest BCUT2D eigenvalue weighted by Gasteiger charge is -2.33. The second-order valence-electron chi connectivity index (χ2n) is 8.83. The molecule has 0 fully saturated rings. The van der Waals surface area contributed by atoms with Crippen LogP contribution in [-0.4, -0.2) is 50.0 Å². The fourth-order valence-electron chi connectivity index (χ4n) is 3.65. The number of anilines is 1. The van der Waals surface area contributed by atoms with Crippen molar-refractivity contribution < 1.29 is 31.2 Å². The number of sulfonamides is 1. The summed E-state index contributed by atoms with van der Waals surface area (Å²) in [5.41, 5.74) is -0.877. The molecule has 0 aliphatic rings. The monoisotopic (exact) mass is 595 g/mol. The quantitative estimate of drug-likeness (QED) is 0.371. The lowest BCUT2D eigenvalue weighted by Crippen LogP contribution is -2.53. The molecule has 0 radical (unpaired) electrons. The number of carbonyl (C=O) groups is 2. The second-order valence-corrected chi connectivity index (χ2v) is 11.6. The van der Waals surface area contributed by atoms with Crippen molar-refractivity contribution in [2.75, 3.05) is 17.1 Å². The molecule has 0 saturated heterocycles. The Hall–Kier alpha value is -2.50. The predicted octanol–water partition coefficient (Wildman–Crippen LogP) is 5.50. The number of nitrogens with one attached hydrogen (secondary N) is 1. The molecule has 0 heterocycles. The van der Waals surface area contributed by atoms with E-state index in [0.717, 1.165) is 18.4 Å². The van der Waals surface area contributed by atoms with E-state index in [-0.39, 0.29) is 34.7 Å². The van der Waals surface area contributed by atoms with Crippen LogP contribution in [0, 0.1) is 0 Å². The Morgan fingerprint density at radius 3 is 2.21 bits per heavy atom. The zero-order chi connectivity index (χ0) is 28.8. The summed E-state index contributed by atoms with van der Waals surface area (Å²) in [6.45, 7) is 4.42. The van der Waals surface area contributed by atoms with E-state index in [2.05, 4.69) is 5.32 Å². The first-order valence-electron chi connectivity index (χ1n) is 11.8. The van der Waals surface area contributed by atoms with E-state index < -0.39 is 46.2 Å². The first-order chi connectivity index (χ1) is 17.6. The normalized spacial score (nSPS) is 13.5. The number of alkyl halides is 3. The number of carbonyl (C=O) groups excluding carboxylic acids is 2. The number of amides is 2. The molecule has 0 aromatic heterocycles. The van der Waals surface area contributed by atoms with Gasteiger partial charge < -0.3 is 10.2 Å². The molecule has 0 spiro atoms. The summed E-state index contributed by atoms with van der Waals surface area (Å²) < 4.78 is 65.7. The van der Waals surface area contributed by atoms with Gasteiger partial charge in [-0.25, -0.2) is 8.42 Å². The molecule has 2 atom stereocenters. The van der Waals surface area contributed by atoms with Crippen LogP contribution in [0.4, 0.5) is 18.9 Å². The van der Waals surface area contributed by atoms with Crippen molar-refractivity contribution in [2.24, 2.45) is 0 Å². The third kappa shape index (κ3) is 8.51. The summed E-state index contributed by atoms with van der Waals surface area (Å²) >= 11 is 12.1. The summed E-state index contributed by atoms with van der Waals surface area (Å²) in [6.07, 6.45) is -3.10. The molecule has 210 valence electrons. The van der Waals surface area contributed by atoms with Crippen LogP contribution in [0.5, 0.6) is 0 Å². The van der Waals surface area contributed by atoms with Crippen LogP contribution in [0.3, 0.4) is 0 Å². The van der Waals surface area contributed by atoms with Gasteiger partial charge in [0, 0.05) is 12.6 Å². The molecule has 13 heteroatoms. The van der Waals surface area contributed by atoms with Gasteiger partial charge in [-0.3, -0.25) is 13.9 Å². The van der Waals surface area contributed by atoms with Crippen molar-refractivity contribution in [2.45, 2.75) is 58.4 Å². The first kappa shape index (κ1) is 31.7. The second kappa shape index (κ2) is 13.0. The third-order valence-electron chi connectivity index (χ3n) is 5.86. The number of hydrogen-bond donors (Lipinski definition) is 1. The fourth-order valence-corrected chi connectivity index (χ4v) is 4.81. The van der Waals surface area contributed by atoms with E-state index >= 15 is 0 Å². The lowest BCUT2D eigenvalue weighted by atomic mass is 10.1. The number of hydrogen-bond acceptors (Lipinski definition) is 4. The zero-order valence-corrected chi connectivity index (χ0v) is 23.7. The number of halogens is 5. The molecule has 0 unspecified atom stereocenters. The first-order valence-corrected chi connectivity index (χ1v) is 14.4. The minimum atomic E-state index is -4.72. The van der Waals surface area contributed by atoms with E-state index in [9.17, 15) is 31.2 Å². The number of benzene rings is 2. The van der Waals surface area contributed by atoms with Crippen molar-refractivity contribution >= 4 is 50.7 Å². The summed E-state index contributed by atoms with van der Waals surface area (Å²) in [7, 11) is -4.19. The van der Waals surface area contributed by atoms with E-state index in [1.807, 2.05) is 6.92 Å². The molecule has 38 heavy (non-hydrogen) atoms. The molecule has 2 amide bonds. The topological polar surface area (TPSA) is 86.8 Å². The van der Waals surface area contributed by atoms with Crippen LogP contribution in [0.1, 0.15) is 44.7 Å². The maximum absolute atomic E-state index is 13.6. The van der Waals surface area contributed by atoms with E-state index in [4.69, 9.17) is 23.2 Å². The molecule has 2 rings (SSSR count). The van der Waals surface area contributed by atoms with Gasteiger partial charge in [-0.2, -0.15) is 13.2 Å². The molecule has 0 aliphatic heterocycles. The van der Waals surface area contributed by atoms with Gasteiger partial charge in [0.05, 0.1) is 27.6 Å². The highest BCUT2D eigenvalue weighted by Gasteiger charge is 2.34. The van der Waals surface area contributed by atoms with Crippen molar-refractivity contribution in [1.29, 1.82) is 0 Å². The van der Waals surface area contributed by atoms with Crippen LogP contribution in [0.15, 0.2) is 42.5 Å². The Kier molecular flexibility index (Phi) is 10.9. The summed E-state index contributed by atoms with van der Waals surface area (Å²) in [4.78, 5) is 27.9. The van der Waals surface area contributed by atoms with Gasteiger partial charge in [-0.15, -0.1) is 0 Å². The number of nitrogens with zero attached hydrogens (tertiary/aromatic N) is 2. The smallest absolute Gasteiger partial charge is 0.352 e. The van der Waals surface area contributed by atoms with Gasteiger partial charge in [-0.1, -0.05) is 49.2 Å². The molecule has 2 aromatic carbocycles. The highest BCUT2D eigenvalue weighted by Crippen LogP contribution is 2.32. The van der Waals surface area contributed by atoms with Crippen molar-refractivity contribution in [3.05, 3.63) is 63.6 Å². The fraction of sp³-hybridized carbons (Fsp3) is 0.440. The lowest BCUT2D eigenvalue weighted by molar-refractivity contribution is -0.140.